The maximum absolute atomic E-state index is 12.4. The second-order valence-corrected chi connectivity index (χ2v) is 8.65. The van der Waals surface area contributed by atoms with Crippen LogP contribution in [0.5, 0.6) is 0 Å². The van der Waals surface area contributed by atoms with Gasteiger partial charge in [0.1, 0.15) is 13.1 Å². The van der Waals surface area contributed by atoms with Gasteiger partial charge in [-0.1, -0.05) is 54.6 Å². The first-order valence-electron chi connectivity index (χ1n) is 10.2. The number of amides is 1. The number of rotatable bonds is 7. The summed E-state index contributed by atoms with van der Waals surface area (Å²) in [7, 11) is 0. The van der Waals surface area contributed by atoms with Crippen LogP contribution in [0.1, 0.15) is 27.0 Å². The molecular formula is C25H27N2OS+. The number of fused-ring (bicyclic) bond motifs is 1. The van der Waals surface area contributed by atoms with E-state index >= 15 is 0 Å². The molecule has 0 fully saturated rings. The SMILES string of the molecule is O=C(NCCSc1ccccc1)c1ccc(C[NH+]2CCc3ccccc3C2)cc1. The third-order valence-electron chi connectivity index (χ3n) is 5.38. The Hall–Kier alpha value is -2.56. The highest BCUT2D eigenvalue weighted by molar-refractivity contribution is 7.99. The lowest BCUT2D eigenvalue weighted by atomic mass is 9.99. The van der Waals surface area contributed by atoms with E-state index in [2.05, 4.69) is 53.8 Å². The van der Waals surface area contributed by atoms with Gasteiger partial charge in [0, 0.05) is 40.3 Å². The van der Waals surface area contributed by atoms with Gasteiger partial charge < -0.3 is 10.2 Å². The number of thioether (sulfide) groups is 1. The molecule has 1 aliphatic rings. The molecule has 0 saturated heterocycles. The molecule has 1 heterocycles. The molecule has 0 aliphatic carbocycles. The Morgan fingerprint density at radius 3 is 2.41 bits per heavy atom. The fourth-order valence-electron chi connectivity index (χ4n) is 3.81. The van der Waals surface area contributed by atoms with E-state index in [0.717, 1.165) is 30.8 Å². The highest BCUT2D eigenvalue weighted by atomic mass is 32.2. The number of quaternary nitrogens is 1. The highest BCUT2D eigenvalue weighted by Gasteiger charge is 2.19. The molecule has 1 amide bonds. The highest BCUT2D eigenvalue weighted by Crippen LogP contribution is 2.16. The third-order valence-corrected chi connectivity index (χ3v) is 6.39. The molecule has 4 heteroatoms. The Labute approximate surface area is 177 Å². The van der Waals surface area contributed by atoms with Crippen LogP contribution in [0, 0.1) is 0 Å². The van der Waals surface area contributed by atoms with Crippen molar-refractivity contribution >= 4 is 17.7 Å². The number of nitrogens with one attached hydrogen (secondary N) is 2. The van der Waals surface area contributed by atoms with Crippen molar-refractivity contribution in [2.24, 2.45) is 0 Å². The molecule has 3 nitrogen and oxygen atoms in total. The predicted octanol–water partition coefficient (Wildman–Crippen LogP) is 3.35. The zero-order valence-corrected chi connectivity index (χ0v) is 17.4. The third kappa shape index (κ3) is 5.49. The number of carbonyl (C=O) groups is 1. The molecule has 1 atom stereocenters. The molecule has 3 aromatic carbocycles. The van der Waals surface area contributed by atoms with Crippen LogP contribution >= 0.6 is 11.8 Å². The van der Waals surface area contributed by atoms with Crippen molar-refractivity contribution in [3.63, 3.8) is 0 Å². The normalized spacial score (nSPS) is 15.5. The molecular weight excluding hydrogens is 376 g/mol. The van der Waals surface area contributed by atoms with E-state index in [1.165, 1.54) is 28.1 Å². The zero-order valence-electron chi connectivity index (χ0n) is 16.6. The van der Waals surface area contributed by atoms with Gasteiger partial charge in [-0.2, -0.15) is 0 Å². The summed E-state index contributed by atoms with van der Waals surface area (Å²) < 4.78 is 0. The molecule has 0 spiro atoms. The maximum Gasteiger partial charge on any atom is 0.251 e. The first-order valence-corrected chi connectivity index (χ1v) is 11.2. The van der Waals surface area contributed by atoms with Gasteiger partial charge in [0.05, 0.1) is 6.54 Å². The molecule has 148 valence electrons. The summed E-state index contributed by atoms with van der Waals surface area (Å²) >= 11 is 1.76. The summed E-state index contributed by atoms with van der Waals surface area (Å²) in [6.07, 6.45) is 1.15. The minimum atomic E-state index is 0.00413. The van der Waals surface area contributed by atoms with Gasteiger partial charge in [-0.05, 0) is 29.8 Å². The van der Waals surface area contributed by atoms with E-state index in [4.69, 9.17) is 0 Å². The Morgan fingerprint density at radius 1 is 0.897 bits per heavy atom. The van der Waals surface area contributed by atoms with Crippen LogP contribution in [0.15, 0.2) is 83.8 Å². The number of carbonyl (C=O) groups excluding carboxylic acids is 1. The van der Waals surface area contributed by atoms with Gasteiger partial charge in [0.25, 0.3) is 5.91 Å². The minimum absolute atomic E-state index is 0.00413. The smallest absolute Gasteiger partial charge is 0.251 e. The minimum Gasteiger partial charge on any atom is -0.351 e. The quantitative estimate of drug-likeness (QED) is 0.469. The van der Waals surface area contributed by atoms with E-state index in [9.17, 15) is 4.79 Å². The average Bonchev–Trinajstić information content (AvgIpc) is 2.78. The van der Waals surface area contributed by atoms with E-state index in [1.54, 1.807) is 16.7 Å². The van der Waals surface area contributed by atoms with E-state index in [-0.39, 0.29) is 5.91 Å². The summed E-state index contributed by atoms with van der Waals surface area (Å²) in [5.74, 6) is 0.873. The molecule has 0 saturated carbocycles. The zero-order chi connectivity index (χ0) is 19.9. The second-order valence-electron chi connectivity index (χ2n) is 7.49. The van der Waals surface area contributed by atoms with Gasteiger partial charge in [0.2, 0.25) is 0 Å². The van der Waals surface area contributed by atoms with Crippen LogP contribution < -0.4 is 10.2 Å². The summed E-state index contributed by atoms with van der Waals surface area (Å²) in [6, 6.07) is 27.1. The lowest BCUT2D eigenvalue weighted by Gasteiger charge is -2.26. The monoisotopic (exact) mass is 403 g/mol. The van der Waals surface area contributed by atoms with Gasteiger partial charge in [-0.15, -0.1) is 11.8 Å². The predicted molar refractivity (Wildman–Crippen MR) is 119 cm³/mol. The summed E-state index contributed by atoms with van der Waals surface area (Å²) in [4.78, 5) is 15.2. The Balaban J connectivity index is 1.24. The van der Waals surface area contributed by atoms with Crippen LogP contribution in [-0.4, -0.2) is 24.7 Å². The largest absolute Gasteiger partial charge is 0.351 e. The number of benzene rings is 3. The molecule has 4 rings (SSSR count). The lowest BCUT2D eigenvalue weighted by Crippen LogP contribution is -3.10. The number of hydrogen-bond acceptors (Lipinski definition) is 2. The molecule has 0 radical (unpaired) electrons. The van der Waals surface area contributed by atoms with Crippen molar-refractivity contribution < 1.29 is 9.69 Å². The first kappa shape index (κ1) is 19.7. The van der Waals surface area contributed by atoms with Crippen molar-refractivity contribution in [1.29, 1.82) is 0 Å². The fraction of sp³-hybridized carbons (Fsp3) is 0.240. The van der Waals surface area contributed by atoms with Crippen molar-refractivity contribution in [3.8, 4) is 0 Å². The molecule has 1 unspecified atom stereocenters. The summed E-state index contributed by atoms with van der Waals surface area (Å²) in [6.45, 7) is 3.91. The maximum atomic E-state index is 12.4. The number of hydrogen-bond donors (Lipinski definition) is 2. The van der Waals surface area contributed by atoms with Crippen LogP contribution in [0.3, 0.4) is 0 Å². The fourth-order valence-corrected chi connectivity index (χ4v) is 4.60. The van der Waals surface area contributed by atoms with Crippen LogP contribution in [0.2, 0.25) is 0 Å². The second kappa shape index (κ2) is 9.77. The van der Waals surface area contributed by atoms with Crippen LogP contribution in [-0.2, 0) is 19.5 Å². The molecule has 0 aromatic heterocycles. The van der Waals surface area contributed by atoms with Crippen molar-refractivity contribution in [3.05, 3.63) is 101 Å². The summed E-state index contributed by atoms with van der Waals surface area (Å²) in [5, 5.41) is 3.02. The van der Waals surface area contributed by atoms with Gasteiger partial charge >= 0.3 is 0 Å². The molecule has 29 heavy (non-hydrogen) atoms. The molecule has 0 bridgehead atoms. The topological polar surface area (TPSA) is 33.5 Å². The Morgan fingerprint density at radius 2 is 1.62 bits per heavy atom. The molecule has 2 N–H and O–H groups in total. The Bertz CT molecular complexity index is 941. The van der Waals surface area contributed by atoms with Crippen LogP contribution in [0.4, 0.5) is 0 Å². The van der Waals surface area contributed by atoms with Crippen molar-refractivity contribution in [2.75, 3.05) is 18.8 Å². The molecule has 1 aliphatic heterocycles. The lowest BCUT2D eigenvalue weighted by molar-refractivity contribution is -0.929. The average molecular weight is 404 g/mol. The van der Waals surface area contributed by atoms with Gasteiger partial charge in [0.15, 0.2) is 0 Å². The van der Waals surface area contributed by atoms with Gasteiger partial charge in [-0.3, -0.25) is 4.79 Å². The Kier molecular flexibility index (Phi) is 6.65. The van der Waals surface area contributed by atoms with Crippen molar-refractivity contribution in [2.45, 2.75) is 24.4 Å². The van der Waals surface area contributed by atoms with Crippen LogP contribution in [0.25, 0.3) is 0 Å². The van der Waals surface area contributed by atoms with Gasteiger partial charge in [-0.25, -0.2) is 0 Å². The van der Waals surface area contributed by atoms with E-state index in [1.807, 2.05) is 30.3 Å². The van der Waals surface area contributed by atoms with E-state index in [0.29, 0.717) is 6.54 Å². The standard InChI is InChI=1S/C25H26N2OS/c28-25(26-15-17-29-24-8-2-1-3-9-24)22-12-10-20(11-13-22)18-27-16-14-21-6-4-5-7-23(21)19-27/h1-13H,14-19H2,(H,26,28)/p+1. The molecule has 3 aromatic rings. The summed E-state index contributed by atoms with van der Waals surface area (Å²) in [5.41, 5.74) is 4.99. The van der Waals surface area contributed by atoms with Crippen molar-refractivity contribution in [1.82, 2.24) is 5.32 Å². The van der Waals surface area contributed by atoms with E-state index < -0.39 is 0 Å². The first-order chi connectivity index (χ1) is 14.3.